The average Bonchev–Trinajstić information content (AvgIpc) is 3.37. The van der Waals surface area contributed by atoms with Crippen LogP contribution in [0.5, 0.6) is 11.5 Å². The predicted molar refractivity (Wildman–Crippen MR) is 92.8 cm³/mol. The SMILES string of the molecule is CCCN(CC1CC1)C(=O)C=Cc1ccc(OC)c(OCC)c1. The number of methoxy groups -OCH3 is 1. The second kappa shape index (κ2) is 8.61. The van der Waals surface area contributed by atoms with E-state index in [9.17, 15) is 4.79 Å². The molecule has 0 saturated heterocycles. The highest BCUT2D eigenvalue weighted by Crippen LogP contribution is 2.30. The first kappa shape index (κ1) is 17.4. The normalized spacial score (nSPS) is 14.0. The van der Waals surface area contributed by atoms with Crippen molar-refractivity contribution >= 4 is 12.0 Å². The number of hydrogen-bond acceptors (Lipinski definition) is 3. The maximum atomic E-state index is 12.4. The minimum absolute atomic E-state index is 0.0903. The number of rotatable bonds is 9. The van der Waals surface area contributed by atoms with Crippen LogP contribution in [0.4, 0.5) is 0 Å². The topological polar surface area (TPSA) is 38.8 Å². The minimum atomic E-state index is 0.0903. The molecule has 1 aromatic rings. The minimum Gasteiger partial charge on any atom is -0.493 e. The highest BCUT2D eigenvalue weighted by atomic mass is 16.5. The molecule has 126 valence electrons. The van der Waals surface area contributed by atoms with Crippen LogP contribution in [0.15, 0.2) is 24.3 Å². The Balaban J connectivity index is 2.04. The molecule has 1 amide bonds. The Hall–Kier alpha value is -1.97. The largest absolute Gasteiger partial charge is 0.493 e. The molecule has 0 heterocycles. The Bertz CT molecular complexity index is 550. The summed E-state index contributed by atoms with van der Waals surface area (Å²) >= 11 is 0. The summed E-state index contributed by atoms with van der Waals surface area (Å²) in [5.74, 6) is 2.21. The van der Waals surface area contributed by atoms with E-state index in [2.05, 4.69) is 6.92 Å². The van der Waals surface area contributed by atoms with Crippen molar-refractivity contribution in [3.63, 3.8) is 0 Å². The number of carbonyl (C=O) groups is 1. The smallest absolute Gasteiger partial charge is 0.246 e. The van der Waals surface area contributed by atoms with Crippen LogP contribution >= 0.6 is 0 Å². The average molecular weight is 317 g/mol. The molecule has 0 aromatic heterocycles. The zero-order valence-electron chi connectivity index (χ0n) is 14.4. The van der Waals surface area contributed by atoms with Gasteiger partial charge in [0.2, 0.25) is 5.91 Å². The van der Waals surface area contributed by atoms with Gasteiger partial charge < -0.3 is 14.4 Å². The summed E-state index contributed by atoms with van der Waals surface area (Å²) in [6.45, 7) is 6.34. The van der Waals surface area contributed by atoms with Gasteiger partial charge >= 0.3 is 0 Å². The number of nitrogens with zero attached hydrogens (tertiary/aromatic N) is 1. The monoisotopic (exact) mass is 317 g/mol. The molecule has 2 rings (SSSR count). The summed E-state index contributed by atoms with van der Waals surface area (Å²) in [6.07, 6.45) is 7.01. The van der Waals surface area contributed by atoms with Crippen molar-refractivity contribution in [3.05, 3.63) is 29.8 Å². The van der Waals surface area contributed by atoms with Gasteiger partial charge in [0.25, 0.3) is 0 Å². The van der Waals surface area contributed by atoms with Crippen LogP contribution in [-0.4, -0.2) is 37.6 Å². The second-order valence-corrected chi connectivity index (χ2v) is 5.90. The van der Waals surface area contributed by atoms with Crippen LogP contribution in [0.1, 0.15) is 38.7 Å². The molecular formula is C19H27NO3. The first-order valence-electron chi connectivity index (χ1n) is 8.45. The second-order valence-electron chi connectivity index (χ2n) is 5.90. The molecule has 1 aromatic carbocycles. The van der Waals surface area contributed by atoms with Crippen LogP contribution in [0.2, 0.25) is 0 Å². The summed E-state index contributed by atoms with van der Waals surface area (Å²) in [7, 11) is 1.62. The van der Waals surface area contributed by atoms with Crippen LogP contribution in [0.3, 0.4) is 0 Å². The van der Waals surface area contributed by atoms with Crippen molar-refractivity contribution in [1.29, 1.82) is 0 Å². The molecule has 0 N–H and O–H groups in total. The lowest BCUT2D eigenvalue weighted by atomic mass is 10.2. The lowest BCUT2D eigenvalue weighted by Gasteiger charge is -2.20. The van der Waals surface area contributed by atoms with Crippen LogP contribution in [0.25, 0.3) is 6.08 Å². The van der Waals surface area contributed by atoms with Gasteiger partial charge in [-0.25, -0.2) is 0 Å². The maximum absolute atomic E-state index is 12.4. The van der Waals surface area contributed by atoms with Gasteiger partial charge in [0, 0.05) is 19.2 Å². The Morgan fingerprint density at radius 1 is 1.30 bits per heavy atom. The van der Waals surface area contributed by atoms with E-state index in [4.69, 9.17) is 9.47 Å². The lowest BCUT2D eigenvalue weighted by Crippen LogP contribution is -2.32. The summed E-state index contributed by atoms with van der Waals surface area (Å²) in [6, 6.07) is 5.69. The number of carbonyl (C=O) groups excluding carboxylic acids is 1. The van der Waals surface area contributed by atoms with E-state index in [0.717, 1.165) is 25.1 Å². The zero-order valence-corrected chi connectivity index (χ0v) is 14.4. The van der Waals surface area contributed by atoms with Crippen LogP contribution in [0, 0.1) is 5.92 Å². The summed E-state index contributed by atoms with van der Waals surface area (Å²) in [5, 5.41) is 0. The third-order valence-electron chi connectivity index (χ3n) is 3.89. The van der Waals surface area contributed by atoms with Crippen molar-refractivity contribution < 1.29 is 14.3 Å². The lowest BCUT2D eigenvalue weighted by molar-refractivity contribution is -0.126. The molecule has 0 radical (unpaired) electrons. The molecule has 1 aliphatic carbocycles. The Morgan fingerprint density at radius 3 is 2.70 bits per heavy atom. The summed E-state index contributed by atoms with van der Waals surface area (Å²) in [5.41, 5.74) is 0.936. The maximum Gasteiger partial charge on any atom is 0.246 e. The van der Waals surface area contributed by atoms with E-state index < -0.39 is 0 Å². The molecule has 0 bridgehead atoms. The first-order chi connectivity index (χ1) is 11.2. The van der Waals surface area contributed by atoms with Gasteiger partial charge in [0.15, 0.2) is 11.5 Å². The molecule has 0 aliphatic heterocycles. The zero-order chi connectivity index (χ0) is 16.7. The van der Waals surface area contributed by atoms with Gasteiger partial charge in [0.1, 0.15) is 0 Å². The number of amides is 1. The van der Waals surface area contributed by atoms with Crippen molar-refractivity contribution in [2.45, 2.75) is 33.1 Å². The van der Waals surface area contributed by atoms with Crippen molar-refractivity contribution in [2.24, 2.45) is 5.92 Å². The Kier molecular flexibility index (Phi) is 6.51. The van der Waals surface area contributed by atoms with Crippen LogP contribution < -0.4 is 9.47 Å². The summed E-state index contributed by atoms with van der Waals surface area (Å²) < 4.78 is 10.8. The molecule has 0 atom stereocenters. The predicted octanol–water partition coefficient (Wildman–Crippen LogP) is 3.76. The third kappa shape index (κ3) is 5.31. The fraction of sp³-hybridized carbons (Fsp3) is 0.526. The summed E-state index contributed by atoms with van der Waals surface area (Å²) in [4.78, 5) is 14.3. The Morgan fingerprint density at radius 2 is 2.09 bits per heavy atom. The molecule has 1 fully saturated rings. The van der Waals surface area contributed by atoms with Gasteiger partial charge in [-0.3, -0.25) is 4.79 Å². The first-order valence-corrected chi connectivity index (χ1v) is 8.45. The number of ether oxygens (including phenoxy) is 2. The molecule has 4 heteroatoms. The quantitative estimate of drug-likeness (QED) is 0.651. The molecule has 0 unspecified atom stereocenters. The van der Waals surface area contributed by atoms with Gasteiger partial charge in [-0.1, -0.05) is 13.0 Å². The fourth-order valence-corrected chi connectivity index (χ4v) is 2.51. The van der Waals surface area contributed by atoms with E-state index in [1.54, 1.807) is 13.2 Å². The standard InChI is InChI=1S/C19H27NO3/c1-4-12-20(14-16-6-7-16)19(21)11-9-15-8-10-17(22-3)18(13-15)23-5-2/h8-11,13,16H,4-7,12,14H2,1-3H3. The van der Waals surface area contributed by atoms with Crippen molar-refractivity contribution in [3.8, 4) is 11.5 Å². The number of benzene rings is 1. The van der Waals surface area contributed by atoms with Crippen LogP contribution in [-0.2, 0) is 4.79 Å². The van der Waals surface area contributed by atoms with Gasteiger partial charge in [-0.2, -0.15) is 0 Å². The molecule has 0 spiro atoms. The molecular weight excluding hydrogens is 290 g/mol. The van der Waals surface area contributed by atoms with Gasteiger partial charge in [0.05, 0.1) is 13.7 Å². The molecule has 4 nitrogen and oxygen atoms in total. The van der Waals surface area contributed by atoms with E-state index in [1.807, 2.05) is 36.1 Å². The number of hydrogen-bond donors (Lipinski definition) is 0. The highest BCUT2D eigenvalue weighted by Gasteiger charge is 2.25. The third-order valence-corrected chi connectivity index (χ3v) is 3.89. The van der Waals surface area contributed by atoms with E-state index in [-0.39, 0.29) is 5.91 Å². The van der Waals surface area contributed by atoms with Gasteiger partial charge in [-0.05, 0) is 55.9 Å². The van der Waals surface area contributed by atoms with E-state index in [0.29, 0.717) is 24.0 Å². The van der Waals surface area contributed by atoms with E-state index in [1.165, 1.54) is 12.8 Å². The van der Waals surface area contributed by atoms with Gasteiger partial charge in [-0.15, -0.1) is 0 Å². The van der Waals surface area contributed by atoms with Crippen molar-refractivity contribution in [1.82, 2.24) is 4.90 Å². The fourth-order valence-electron chi connectivity index (χ4n) is 2.51. The molecule has 23 heavy (non-hydrogen) atoms. The van der Waals surface area contributed by atoms with Crippen molar-refractivity contribution in [2.75, 3.05) is 26.8 Å². The Labute approximate surface area is 139 Å². The highest BCUT2D eigenvalue weighted by molar-refractivity contribution is 5.91. The molecule has 1 saturated carbocycles. The van der Waals surface area contributed by atoms with E-state index >= 15 is 0 Å². The molecule has 1 aliphatic rings.